The van der Waals surface area contributed by atoms with Crippen molar-refractivity contribution in [2.24, 2.45) is 0 Å². The van der Waals surface area contributed by atoms with Crippen LogP contribution in [0.2, 0.25) is 0 Å². The molecule has 0 bridgehead atoms. The number of carbonyl (C=O) groups excluding carboxylic acids is 1. The van der Waals surface area contributed by atoms with Crippen LogP contribution >= 0.6 is 0 Å². The van der Waals surface area contributed by atoms with E-state index in [-0.39, 0.29) is 0 Å². The average molecular weight is 303 g/mol. The van der Waals surface area contributed by atoms with Crippen LogP contribution in [0, 0.1) is 0 Å². The van der Waals surface area contributed by atoms with Crippen molar-refractivity contribution in [2.75, 3.05) is 0 Å². The topological polar surface area (TPSA) is 65.0 Å². The summed E-state index contributed by atoms with van der Waals surface area (Å²) in [5.74, 6) is -5.85. The molecule has 11 heteroatoms. The second kappa shape index (κ2) is 5.21. The molecule has 0 saturated heterocycles. The van der Waals surface area contributed by atoms with Crippen LogP contribution < -0.4 is 0 Å². The molecular formula is C9H7F6N3O2. The van der Waals surface area contributed by atoms with Crippen LogP contribution in [0.15, 0.2) is 0 Å². The van der Waals surface area contributed by atoms with Crippen LogP contribution in [0.1, 0.15) is 37.4 Å². The van der Waals surface area contributed by atoms with Gasteiger partial charge in [-0.25, -0.2) is 15.0 Å². The number of aromatic nitrogens is 3. The molecule has 20 heavy (non-hydrogen) atoms. The summed E-state index contributed by atoms with van der Waals surface area (Å²) in [4.78, 5) is 18.7. The SMILES string of the molecule is CC(=O)OC(C)c1nc(C(F)(F)F)nc(C(F)(F)F)n1. The minimum Gasteiger partial charge on any atom is -0.455 e. The molecule has 0 N–H and O–H groups in total. The van der Waals surface area contributed by atoms with Crippen LogP contribution in [0.3, 0.4) is 0 Å². The highest BCUT2D eigenvalue weighted by Gasteiger charge is 2.42. The molecule has 0 aliphatic heterocycles. The first-order chi connectivity index (χ1) is 8.91. The Kier molecular flexibility index (Phi) is 4.20. The van der Waals surface area contributed by atoms with Gasteiger partial charge in [0.1, 0.15) is 0 Å². The number of carbonyl (C=O) groups is 1. The van der Waals surface area contributed by atoms with Crippen LogP contribution in [-0.2, 0) is 21.9 Å². The van der Waals surface area contributed by atoms with E-state index < -0.39 is 41.9 Å². The number of nitrogens with zero attached hydrogens (tertiary/aromatic N) is 3. The maximum Gasteiger partial charge on any atom is 0.451 e. The summed E-state index contributed by atoms with van der Waals surface area (Å²) in [6.07, 6.45) is -11.8. The molecule has 0 radical (unpaired) electrons. The number of hydrogen-bond acceptors (Lipinski definition) is 5. The molecule has 112 valence electrons. The minimum absolute atomic E-state index is 0.903. The summed E-state index contributed by atoms with van der Waals surface area (Å²) in [6, 6.07) is 0. The van der Waals surface area contributed by atoms with Gasteiger partial charge in [0.15, 0.2) is 11.9 Å². The van der Waals surface area contributed by atoms with Gasteiger partial charge in [-0.1, -0.05) is 0 Å². The van der Waals surface area contributed by atoms with Gasteiger partial charge in [-0.2, -0.15) is 26.3 Å². The largest absolute Gasteiger partial charge is 0.455 e. The van der Waals surface area contributed by atoms with E-state index in [2.05, 4.69) is 19.7 Å². The molecule has 0 saturated carbocycles. The fourth-order valence-electron chi connectivity index (χ4n) is 1.13. The maximum absolute atomic E-state index is 12.4. The molecule has 0 aromatic carbocycles. The fraction of sp³-hybridized carbons (Fsp3) is 0.556. The summed E-state index contributed by atoms with van der Waals surface area (Å²) in [5.41, 5.74) is 0. The van der Waals surface area contributed by atoms with Crippen molar-refractivity contribution in [2.45, 2.75) is 32.3 Å². The lowest BCUT2D eigenvalue weighted by Gasteiger charge is -2.14. The second-order valence-electron chi connectivity index (χ2n) is 3.59. The number of alkyl halides is 6. The molecule has 0 spiro atoms. The average Bonchev–Trinajstić information content (AvgIpc) is 2.25. The summed E-state index contributed by atoms with van der Waals surface area (Å²) < 4.78 is 79.0. The standard InChI is InChI=1S/C9H7F6N3O2/c1-3(20-4(2)19)5-16-6(8(10,11)12)18-7(17-5)9(13,14)15/h3H,1-2H3. The van der Waals surface area contributed by atoms with Crippen LogP contribution in [-0.4, -0.2) is 20.9 Å². The van der Waals surface area contributed by atoms with E-state index in [4.69, 9.17) is 0 Å². The maximum atomic E-state index is 12.4. The molecule has 0 aliphatic rings. The van der Waals surface area contributed by atoms with E-state index in [9.17, 15) is 31.1 Å². The third-order valence-corrected chi connectivity index (χ3v) is 1.87. The van der Waals surface area contributed by atoms with Gasteiger partial charge in [-0.15, -0.1) is 0 Å². The van der Waals surface area contributed by atoms with Gasteiger partial charge in [0, 0.05) is 6.92 Å². The Balaban J connectivity index is 3.34. The molecule has 5 nitrogen and oxygen atoms in total. The Morgan fingerprint density at radius 1 is 1.00 bits per heavy atom. The quantitative estimate of drug-likeness (QED) is 0.620. The summed E-state index contributed by atoms with van der Waals surface area (Å²) in [5, 5.41) is 0. The van der Waals surface area contributed by atoms with Gasteiger partial charge in [0.2, 0.25) is 11.6 Å². The zero-order valence-electron chi connectivity index (χ0n) is 10.0. The van der Waals surface area contributed by atoms with Gasteiger partial charge >= 0.3 is 18.3 Å². The third kappa shape index (κ3) is 4.03. The first-order valence-corrected chi connectivity index (χ1v) is 4.99. The third-order valence-electron chi connectivity index (χ3n) is 1.87. The number of hydrogen-bond donors (Lipinski definition) is 0. The van der Waals surface area contributed by atoms with Crippen molar-refractivity contribution < 1.29 is 35.9 Å². The van der Waals surface area contributed by atoms with Crippen molar-refractivity contribution >= 4 is 5.97 Å². The predicted molar refractivity (Wildman–Crippen MR) is 50.0 cm³/mol. The second-order valence-corrected chi connectivity index (χ2v) is 3.59. The first-order valence-electron chi connectivity index (χ1n) is 4.99. The molecule has 1 rings (SSSR count). The van der Waals surface area contributed by atoms with Crippen molar-refractivity contribution in [3.05, 3.63) is 17.5 Å². The van der Waals surface area contributed by atoms with Gasteiger partial charge < -0.3 is 4.74 Å². The molecular weight excluding hydrogens is 296 g/mol. The van der Waals surface area contributed by atoms with Crippen LogP contribution in [0.5, 0.6) is 0 Å². The number of esters is 1. The van der Waals surface area contributed by atoms with Crippen LogP contribution in [0.4, 0.5) is 26.3 Å². The highest BCUT2D eigenvalue weighted by molar-refractivity contribution is 5.66. The van der Waals surface area contributed by atoms with Crippen LogP contribution in [0.25, 0.3) is 0 Å². The Bertz CT molecular complexity index is 481. The lowest BCUT2D eigenvalue weighted by molar-refractivity contribution is -0.156. The van der Waals surface area contributed by atoms with Crippen molar-refractivity contribution in [1.29, 1.82) is 0 Å². The van der Waals surface area contributed by atoms with E-state index in [1.54, 1.807) is 0 Å². The molecule has 0 aliphatic carbocycles. The Labute approximate surface area is 108 Å². The molecule has 0 fully saturated rings. The lowest BCUT2D eigenvalue weighted by atomic mass is 10.3. The summed E-state index contributed by atoms with van der Waals surface area (Å²) in [7, 11) is 0. The Morgan fingerprint density at radius 2 is 1.40 bits per heavy atom. The van der Waals surface area contributed by atoms with Gasteiger partial charge in [0.25, 0.3) is 0 Å². The normalized spacial score (nSPS) is 14.0. The molecule has 0 amide bonds. The highest BCUT2D eigenvalue weighted by atomic mass is 19.4. The molecule has 1 atom stereocenters. The number of rotatable bonds is 2. The van der Waals surface area contributed by atoms with E-state index in [1.165, 1.54) is 0 Å². The predicted octanol–water partition coefficient (Wildman–Crippen LogP) is 2.53. The van der Waals surface area contributed by atoms with Gasteiger partial charge in [-0.3, -0.25) is 4.79 Å². The smallest absolute Gasteiger partial charge is 0.451 e. The molecule has 1 heterocycles. The fourth-order valence-corrected chi connectivity index (χ4v) is 1.13. The number of ether oxygens (including phenoxy) is 1. The molecule has 1 unspecified atom stereocenters. The Morgan fingerprint density at radius 3 is 1.70 bits per heavy atom. The van der Waals surface area contributed by atoms with E-state index in [1.807, 2.05) is 0 Å². The van der Waals surface area contributed by atoms with Crippen molar-refractivity contribution in [1.82, 2.24) is 15.0 Å². The van der Waals surface area contributed by atoms with Crippen molar-refractivity contribution in [3.8, 4) is 0 Å². The van der Waals surface area contributed by atoms with E-state index >= 15 is 0 Å². The van der Waals surface area contributed by atoms with Gasteiger partial charge in [-0.05, 0) is 6.92 Å². The highest BCUT2D eigenvalue weighted by Crippen LogP contribution is 2.31. The lowest BCUT2D eigenvalue weighted by Crippen LogP contribution is -2.22. The summed E-state index contributed by atoms with van der Waals surface area (Å²) >= 11 is 0. The van der Waals surface area contributed by atoms with Crippen molar-refractivity contribution in [3.63, 3.8) is 0 Å². The van der Waals surface area contributed by atoms with E-state index in [0.29, 0.717) is 0 Å². The van der Waals surface area contributed by atoms with E-state index in [0.717, 1.165) is 13.8 Å². The Hall–Kier alpha value is -1.94. The summed E-state index contributed by atoms with van der Waals surface area (Å²) in [6.45, 7) is 1.98. The monoisotopic (exact) mass is 303 g/mol. The van der Waals surface area contributed by atoms with Gasteiger partial charge in [0.05, 0.1) is 0 Å². The molecule has 1 aromatic heterocycles. The molecule has 1 aromatic rings. The minimum atomic E-state index is -5.19. The zero-order chi connectivity index (χ0) is 15.7. The zero-order valence-corrected chi connectivity index (χ0v) is 10.0. The first kappa shape index (κ1) is 16.1. The number of halogens is 6.